The van der Waals surface area contributed by atoms with Crippen LogP contribution in [0.25, 0.3) is 0 Å². The minimum absolute atomic E-state index is 0.00721. The lowest BCUT2D eigenvalue weighted by Gasteiger charge is -2.20. The number of ether oxygens (including phenoxy) is 1. The highest BCUT2D eigenvalue weighted by Gasteiger charge is 2.17. The average molecular weight is 380 g/mol. The molecule has 0 heterocycles. The first-order chi connectivity index (χ1) is 13.7. The molecule has 1 fully saturated rings. The Kier molecular flexibility index (Phi) is 7.47. The highest BCUT2D eigenvalue weighted by atomic mass is 16.5. The monoisotopic (exact) mass is 380 g/mol. The zero-order valence-electron chi connectivity index (χ0n) is 16.2. The third-order valence-corrected chi connectivity index (χ3v) is 5.06. The number of carbonyl (C=O) groups is 2. The van der Waals surface area contributed by atoms with Gasteiger partial charge in [0.25, 0.3) is 0 Å². The van der Waals surface area contributed by atoms with Crippen LogP contribution >= 0.6 is 0 Å². The van der Waals surface area contributed by atoms with Gasteiger partial charge in [-0.1, -0.05) is 55.7 Å². The van der Waals surface area contributed by atoms with Crippen molar-refractivity contribution in [2.45, 2.75) is 45.1 Å². The van der Waals surface area contributed by atoms with Crippen LogP contribution in [-0.4, -0.2) is 18.4 Å². The largest absolute Gasteiger partial charge is 0.457 e. The van der Waals surface area contributed by atoms with Gasteiger partial charge in [-0.3, -0.25) is 9.59 Å². The van der Waals surface area contributed by atoms with Gasteiger partial charge < -0.3 is 15.4 Å². The Balaban J connectivity index is 1.43. The van der Waals surface area contributed by atoms with Crippen molar-refractivity contribution in [3.63, 3.8) is 0 Å². The van der Waals surface area contributed by atoms with Crippen molar-refractivity contribution in [1.29, 1.82) is 0 Å². The SMILES string of the molecule is O=C(CNC(=O)CC1CCCCC1)NCc1ccccc1Oc1ccccc1. The Morgan fingerprint density at radius 2 is 1.57 bits per heavy atom. The predicted octanol–water partition coefficient (Wildman–Crippen LogP) is 4.18. The van der Waals surface area contributed by atoms with Crippen molar-refractivity contribution in [2.24, 2.45) is 5.92 Å². The van der Waals surface area contributed by atoms with Crippen molar-refractivity contribution in [3.8, 4) is 11.5 Å². The molecule has 0 aliphatic heterocycles. The molecule has 148 valence electrons. The molecule has 5 nitrogen and oxygen atoms in total. The molecule has 2 aromatic carbocycles. The molecule has 2 N–H and O–H groups in total. The van der Waals surface area contributed by atoms with Gasteiger partial charge in [0.05, 0.1) is 6.54 Å². The fourth-order valence-corrected chi connectivity index (χ4v) is 3.53. The summed E-state index contributed by atoms with van der Waals surface area (Å²) in [6.07, 6.45) is 6.47. The smallest absolute Gasteiger partial charge is 0.239 e. The van der Waals surface area contributed by atoms with Crippen molar-refractivity contribution in [2.75, 3.05) is 6.54 Å². The number of carbonyl (C=O) groups excluding carboxylic acids is 2. The van der Waals surface area contributed by atoms with E-state index in [2.05, 4.69) is 10.6 Å². The summed E-state index contributed by atoms with van der Waals surface area (Å²) in [7, 11) is 0. The number of amides is 2. The molecule has 0 atom stereocenters. The van der Waals surface area contributed by atoms with Crippen molar-refractivity contribution in [1.82, 2.24) is 10.6 Å². The molecular weight excluding hydrogens is 352 g/mol. The molecule has 1 aliphatic carbocycles. The molecule has 0 radical (unpaired) electrons. The molecule has 0 aromatic heterocycles. The molecule has 0 saturated heterocycles. The molecule has 1 aliphatic rings. The fraction of sp³-hybridized carbons (Fsp3) is 0.391. The number of hydrogen-bond acceptors (Lipinski definition) is 3. The molecule has 1 saturated carbocycles. The minimum atomic E-state index is -0.202. The molecule has 3 rings (SSSR count). The predicted molar refractivity (Wildman–Crippen MR) is 109 cm³/mol. The molecule has 0 unspecified atom stereocenters. The van der Waals surface area contributed by atoms with Gasteiger partial charge in [0.15, 0.2) is 0 Å². The third kappa shape index (κ3) is 6.41. The van der Waals surface area contributed by atoms with Crippen LogP contribution in [0, 0.1) is 5.92 Å². The molecule has 28 heavy (non-hydrogen) atoms. The van der Waals surface area contributed by atoms with E-state index in [1.54, 1.807) is 0 Å². The Morgan fingerprint density at radius 3 is 2.36 bits per heavy atom. The van der Waals surface area contributed by atoms with Gasteiger partial charge in [-0.15, -0.1) is 0 Å². The van der Waals surface area contributed by atoms with Gasteiger partial charge in [0.2, 0.25) is 11.8 Å². The van der Waals surface area contributed by atoms with Gasteiger partial charge in [-0.05, 0) is 37.0 Å². The van der Waals surface area contributed by atoms with Crippen molar-refractivity contribution in [3.05, 3.63) is 60.2 Å². The summed E-state index contributed by atoms with van der Waals surface area (Å²) in [4.78, 5) is 24.2. The maximum Gasteiger partial charge on any atom is 0.239 e. The first-order valence-corrected chi connectivity index (χ1v) is 10.0. The summed E-state index contributed by atoms with van der Waals surface area (Å²) in [5, 5.41) is 5.59. The molecule has 2 amide bonds. The van der Waals surface area contributed by atoms with Crippen LogP contribution in [0.3, 0.4) is 0 Å². The standard InChI is InChI=1S/C23H28N2O3/c26-22(15-18-9-3-1-4-10-18)25-17-23(27)24-16-19-11-7-8-14-21(19)28-20-12-5-2-6-13-20/h2,5-8,11-14,18H,1,3-4,9-10,15-17H2,(H,24,27)(H,25,26). The summed E-state index contributed by atoms with van der Waals surface area (Å²) in [5.41, 5.74) is 0.883. The fourth-order valence-electron chi connectivity index (χ4n) is 3.53. The second-order valence-corrected chi connectivity index (χ2v) is 7.28. The number of nitrogens with one attached hydrogen (secondary N) is 2. The topological polar surface area (TPSA) is 67.4 Å². The van der Waals surface area contributed by atoms with Gasteiger partial charge in [-0.2, -0.15) is 0 Å². The second kappa shape index (κ2) is 10.5. The first-order valence-electron chi connectivity index (χ1n) is 10.0. The summed E-state index contributed by atoms with van der Waals surface area (Å²) in [6.45, 7) is 0.355. The summed E-state index contributed by atoms with van der Waals surface area (Å²) in [6, 6.07) is 17.1. The van der Waals surface area contributed by atoms with Crippen LogP contribution in [0.5, 0.6) is 11.5 Å². The van der Waals surface area contributed by atoms with Crippen molar-refractivity contribution < 1.29 is 14.3 Å². The molecular formula is C23H28N2O3. The van der Waals surface area contributed by atoms with E-state index >= 15 is 0 Å². The second-order valence-electron chi connectivity index (χ2n) is 7.28. The Hall–Kier alpha value is -2.82. The molecule has 0 bridgehead atoms. The zero-order chi connectivity index (χ0) is 19.6. The van der Waals surface area contributed by atoms with E-state index < -0.39 is 0 Å². The van der Waals surface area contributed by atoms with E-state index in [1.165, 1.54) is 19.3 Å². The van der Waals surface area contributed by atoms with Gasteiger partial charge in [-0.25, -0.2) is 0 Å². The number of rotatable bonds is 8. The Morgan fingerprint density at radius 1 is 0.857 bits per heavy atom. The summed E-state index contributed by atoms with van der Waals surface area (Å²) in [5.74, 6) is 1.69. The average Bonchev–Trinajstić information content (AvgIpc) is 2.73. The highest BCUT2D eigenvalue weighted by molar-refractivity contribution is 5.84. The van der Waals surface area contributed by atoms with Gasteiger partial charge in [0.1, 0.15) is 11.5 Å². The quantitative estimate of drug-likeness (QED) is 0.722. The minimum Gasteiger partial charge on any atom is -0.457 e. The lowest BCUT2D eigenvalue weighted by molar-refractivity contribution is -0.126. The van der Waals surface area contributed by atoms with Gasteiger partial charge >= 0.3 is 0 Å². The summed E-state index contributed by atoms with van der Waals surface area (Å²) < 4.78 is 5.90. The number of para-hydroxylation sites is 2. The van der Waals surface area contributed by atoms with Gasteiger partial charge in [0, 0.05) is 18.5 Å². The third-order valence-electron chi connectivity index (χ3n) is 5.06. The Labute approximate surface area is 166 Å². The van der Waals surface area contributed by atoms with Crippen LogP contribution in [0.4, 0.5) is 0 Å². The lowest BCUT2D eigenvalue weighted by Crippen LogP contribution is -2.37. The maximum atomic E-state index is 12.1. The molecule has 5 heteroatoms. The van der Waals surface area contributed by atoms with Crippen LogP contribution in [0.15, 0.2) is 54.6 Å². The van der Waals surface area contributed by atoms with Crippen molar-refractivity contribution >= 4 is 11.8 Å². The summed E-state index contributed by atoms with van der Waals surface area (Å²) >= 11 is 0. The van der Waals surface area contributed by atoms with E-state index in [0.29, 0.717) is 24.6 Å². The van der Waals surface area contributed by atoms with Crippen LogP contribution in [0.2, 0.25) is 0 Å². The van der Waals surface area contributed by atoms with Crippen LogP contribution < -0.4 is 15.4 Å². The van der Waals surface area contributed by atoms with E-state index in [4.69, 9.17) is 4.74 Å². The van der Waals surface area contributed by atoms with E-state index in [1.807, 2.05) is 54.6 Å². The van der Waals surface area contributed by atoms with E-state index in [0.717, 1.165) is 24.2 Å². The molecule has 2 aromatic rings. The highest BCUT2D eigenvalue weighted by Crippen LogP contribution is 2.26. The van der Waals surface area contributed by atoms with E-state index in [9.17, 15) is 9.59 Å². The Bertz CT molecular complexity index is 770. The number of benzene rings is 2. The van der Waals surface area contributed by atoms with E-state index in [-0.39, 0.29) is 18.4 Å². The normalized spacial score (nSPS) is 14.3. The maximum absolute atomic E-state index is 12.1. The van der Waals surface area contributed by atoms with Crippen LogP contribution in [-0.2, 0) is 16.1 Å². The first kappa shape index (κ1) is 19.9. The molecule has 0 spiro atoms. The number of hydrogen-bond donors (Lipinski definition) is 2. The van der Waals surface area contributed by atoms with Crippen LogP contribution in [0.1, 0.15) is 44.1 Å². The zero-order valence-corrected chi connectivity index (χ0v) is 16.2. The lowest BCUT2D eigenvalue weighted by atomic mass is 9.87.